The minimum absolute atomic E-state index is 0.0653. The fourth-order valence-electron chi connectivity index (χ4n) is 1.37. The predicted molar refractivity (Wildman–Crippen MR) is 88.0 cm³/mol. The number of thiol groups is 1. The lowest BCUT2D eigenvalue weighted by Gasteiger charge is -2.05. The van der Waals surface area contributed by atoms with Crippen molar-refractivity contribution in [2.45, 2.75) is 5.25 Å². The number of aromatic nitrogens is 3. The number of rotatable bonds is 6. The van der Waals surface area contributed by atoms with Crippen molar-refractivity contribution in [2.24, 2.45) is 5.16 Å². The SMILES string of the molecule is CO/N=C(/C(=O)O)c1csc(NC(=O)C(S)c2nnc(N)s2)n1. The molecular formula is C10H10N6O4S3. The molecule has 0 aliphatic heterocycles. The van der Waals surface area contributed by atoms with Crippen LogP contribution in [0.3, 0.4) is 0 Å². The van der Waals surface area contributed by atoms with Crippen LogP contribution >= 0.6 is 35.3 Å². The number of carbonyl (C=O) groups is 2. The second-order valence-corrected chi connectivity index (χ2v) is 6.25. The molecule has 1 unspecified atom stereocenters. The van der Waals surface area contributed by atoms with Crippen molar-refractivity contribution in [1.29, 1.82) is 0 Å². The summed E-state index contributed by atoms with van der Waals surface area (Å²) in [5.74, 6) is -1.79. The van der Waals surface area contributed by atoms with Gasteiger partial charge in [0, 0.05) is 5.38 Å². The van der Waals surface area contributed by atoms with Gasteiger partial charge in [0.15, 0.2) is 5.13 Å². The van der Waals surface area contributed by atoms with Gasteiger partial charge in [-0.15, -0.1) is 21.5 Å². The lowest BCUT2D eigenvalue weighted by atomic mass is 10.3. The number of carbonyl (C=O) groups excluding carboxylic acids is 1. The van der Waals surface area contributed by atoms with Gasteiger partial charge < -0.3 is 21.0 Å². The monoisotopic (exact) mass is 374 g/mol. The summed E-state index contributed by atoms with van der Waals surface area (Å²) < 4.78 is 0. The summed E-state index contributed by atoms with van der Waals surface area (Å²) in [7, 11) is 1.22. The molecule has 2 heterocycles. The highest BCUT2D eigenvalue weighted by Crippen LogP contribution is 2.26. The Morgan fingerprint density at radius 3 is 2.83 bits per heavy atom. The molecule has 0 spiro atoms. The van der Waals surface area contributed by atoms with Crippen molar-refractivity contribution in [3.63, 3.8) is 0 Å². The predicted octanol–water partition coefficient (Wildman–Crippen LogP) is 0.622. The van der Waals surface area contributed by atoms with Gasteiger partial charge in [0.25, 0.3) is 0 Å². The van der Waals surface area contributed by atoms with E-state index in [1.54, 1.807) is 0 Å². The third-order valence-electron chi connectivity index (χ3n) is 2.30. The first-order valence-electron chi connectivity index (χ1n) is 5.80. The first kappa shape index (κ1) is 17.1. The van der Waals surface area contributed by atoms with Crippen molar-refractivity contribution in [3.8, 4) is 0 Å². The molecule has 1 atom stereocenters. The molecule has 0 fully saturated rings. The van der Waals surface area contributed by atoms with E-state index in [0.717, 1.165) is 22.7 Å². The van der Waals surface area contributed by atoms with Crippen LogP contribution in [0.5, 0.6) is 0 Å². The molecule has 122 valence electrons. The van der Waals surface area contributed by atoms with E-state index in [0.29, 0.717) is 5.01 Å². The summed E-state index contributed by atoms with van der Waals surface area (Å²) in [6.07, 6.45) is 0. The Hall–Kier alpha value is -2.25. The fraction of sp³-hybridized carbons (Fsp3) is 0.200. The molecule has 2 aromatic rings. The van der Waals surface area contributed by atoms with Crippen LogP contribution in [0.15, 0.2) is 10.5 Å². The minimum atomic E-state index is -1.30. The van der Waals surface area contributed by atoms with E-state index >= 15 is 0 Å². The summed E-state index contributed by atoms with van der Waals surface area (Å²) >= 11 is 6.23. The van der Waals surface area contributed by atoms with Crippen molar-refractivity contribution in [1.82, 2.24) is 15.2 Å². The Balaban J connectivity index is 2.11. The number of amides is 1. The van der Waals surface area contributed by atoms with Gasteiger partial charge in [-0.3, -0.25) is 4.79 Å². The molecule has 2 aromatic heterocycles. The molecule has 0 aromatic carbocycles. The molecule has 0 aliphatic carbocycles. The molecular weight excluding hydrogens is 364 g/mol. The normalized spacial score (nSPS) is 12.7. The number of nitrogens with two attached hydrogens (primary N) is 1. The number of aliphatic carboxylic acids is 1. The van der Waals surface area contributed by atoms with Crippen molar-refractivity contribution < 1.29 is 19.5 Å². The van der Waals surface area contributed by atoms with E-state index in [4.69, 9.17) is 10.8 Å². The second kappa shape index (κ2) is 7.34. The maximum Gasteiger partial charge on any atom is 0.360 e. The highest BCUT2D eigenvalue weighted by Gasteiger charge is 2.23. The number of nitrogen functional groups attached to an aromatic ring is 1. The third kappa shape index (κ3) is 4.14. The highest BCUT2D eigenvalue weighted by molar-refractivity contribution is 7.81. The van der Waals surface area contributed by atoms with Crippen LogP contribution < -0.4 is 11.1 Å². The minimum Gasteiger partial charge on any atom is -0.476 e. The zero-order chi connectivity index (χ0) is 17.0. The average molecular weight is 374 g/mol. The molecule has 0 saturated heterocycles. The van der Waals surface area contributed by atoms with E-state index in [1.165, 1.54) is 12.5 Å². The molecule has 10 nitrogen and oxygen atoms in total. The molecule has 0 aliphatic rings. The molecule has 4 N–H and O–H groups in total. The third-order valence-corrected chi connectivity index (χ3v) is 4.53. The molecule has 23 heavy (non-hydrogen) atoms. The van der Waals surface area contributed by atoms with E-state index in [9.17, 15) is 9.59 Å². The Bertz CT molecular complexity index is 757. The molecule has 1 amide bonds. The number of anilines is 2. The number of hydrogen-bond donors (Lipinski definition) is 4. The summed E-state index contributed by atoms with van der Waals surface area (Å²) in [4.78, 5) is 31.5. The Kier molecular flexibility index (Phi) is 5.46. The van der Waals surface area contributed by atoms with Crippen molar-refractivity contribution in [2.75, 3.05) is 18.2 Å². The van der Waals surface area contributed by atoms with Gasteiger partial charge in [-0.2, -0.15) is 12.6 Å². The van der Waals surface area contributed by atoms with Crippen LogP contribution in [0.25, 0.3) is 0 Å². The summed E-state index contributed by atoms with van der Waals surface area (Å²) in [5, 5.41) is 23.5. The maximum absolute atomic E-state index is 12.1. The number of oxime groups is 1. The maximum atomic E-state index is 12.1. The topological polar surface area (TPSA) is 153 Å². The summed E-state index contributed by atoms with van der Waals surface area (Å²) in [6, 6.07) is 0. The van der Waals surface area contributed by atoms with Gasteiger partial charge in [0.1, 0.15) is 23.1 Å². The quantitative estimate of drug-likeness (QED) is 0.326. The zero-order valence-electron chi connectivity index (χ0n) is 11.5. The van der Waals surface area contributed by atoms with Crippen LogP contribution in [-0.2, 0) is 14.4 Å². The van der Waals surface area contributed by atoms with E-state index in [1.807, 2.05) is 0 Å². The Labute approximate surface area is 142 Å². The molecule has 2 rings (SSSR count). The van der Waals surface area contributed by atoms with E-state index < -0.39 is 17.1 Å². The lowest BCUT2D eigenvalue weighted by Crippen LogP contribution is -2.18. The van der Waals surface area contributed by atoms with Crippen molar-refractivity contribution in [3.05, 3.63) is 16.1 Å². The van der Waals surface area contributed by atoms with Crippen LogP contribution in [0.2, 0.25) is 0 Å². The second-order valence-electron chi connectivity index (χ2n) is 3.84. The van der Waals surface area contributed by atoms with Gasteiger partial charge in [-0.05, 0) is 0 Å². The number of hydrogen-bond acceptors (Lipinski definition) is 11. The van der Waals surface area contributed by atoms with E-state index in [-0.39, 0.29) is 21.7 Å². The van der Waals surface area contributed by atoms with Gasteiger partial charge in [-0.25, -0.2) is 9.78 Å². The molecule has 0 saturated carbocycles. The number of thiazole rings is 1. The fourth-order valence-corrected chi connectivity index (χ4v) is 2.94. The number of carboxylic acid groups (broad SMARTS) is 1. The summed E-state index contributed by atoms with van der Waals surface area (Å²) in [5.41, 5.74) is 5.14. The van der Waals surface area contributed by atoms with E-state index in [2.05, 4.69) is 43.1 Å². The summed E-state index contributed by atoms with van der Waals surface area (Å²) in [6.45, 7) is 0. The van der Waals surface area contributed by atoms with Gasteiger partial charge >= 0.3 is 5.97 Å². The number of carboxylic acids is 1. The molecule has 13 heteroatoms. The number of nitrogens with zero attached hydrogens (tertiary/aromatic N) is 4. The molecule has 0 bridgehead atoms. The Morgan fingerprint density at radius 1 is 1.52 bits per heavy atom. The smallest absolute Gasteiger partial charge is 0.360 e. The number of nitrogens with one attached hydrogen (secondary N) is 1. The lowest BCUT2D eigenvalue weighted by molar-refractivity contribution is -0.129. The molecule has 0 radical (unpaired) electrons. The van der Waals surface area contributed by atoms with Gasteiger partial charge in [0.2, 0.25) is 16.8 Å². The van der Waals surface area contributed by atoms with Crippen LogP contribution in [0.1, 0.15) is 16.0 Å². The Morgan fingerprint density at radius 2 is 2.26 bits per heavy atom. The van der Waals surface area contributed by atoms with Gasteiger partial charge in [0.05, 0.1) is 0 Å². The highest BCUT2D eigenvalue weighted by atomic mass is 32.1. The van der Waals surface area contributed by atoms with Crippen LogP contribution in [0, 0.1) is 0 Å². The first-order valence-corrected chi connectivity index (χ1v) is 8.01. The largest absolute Gasteiger partial charge is 0.476 e. The van der Waals surface area contributed by atoms with Crippen LogP contribution in [0.4, 0.5) is 10.3 Å². The standard InChI is InChI=1S/C10H10N6O4S3/c1-20-16-4(8(18)19)3-2-22-10(12-3)13-6(17)5(21)7-14-15-9(11)23-7/h2,5,21H,1H3,(H2,11,15)(H,18,19)(H,12,13,17)/b16-4+. The van der Waals surface area contributed by atoms with Gasteiger partial charge in [-0.1, -0.05) is 16.5 Å². The average Bonchev–Trinajstić information content (AvgIpc) is 3.12. The van der Waals surface area contributed by atoms with Crippen LogP contribution in [-0.4, -0.2) is 45.0 Å². The first-order chi connectivity index (χ1) is 10.9. The zero-order valence-corrected chi connectivity index (χ0v) is 14.0. The van der Waals surface area contributed by atoms with Crippen molar-refractivity contribution >= 4 is 63.2 Å².